The van der Waals surface area contributed by atoms with Crippen molar-refractivity contribution < 1.29 is 13.9 Å². The maximum Gasteiger partial charge on any atom is 0.176 e. The van der Waals surface area contributed by atoms with Gasteiger partial charge in [-0.3, -0.25) is 4.79 Å². The number of nitriles is 1. The second-order valence-corrected chi connectivity index (χ2v) is 10.5. The molecule has 8 heteroatoms. The Balaban J connectivity index is 1.58. The minimum absolute atomic E-state index is 0.0165. The zero-order valence-corrected chi connectivity index (χ0v) is 21.4. The monoisotopic (exact) mass is 509 g/mol. The Labute approximate surface area is 221 Å². The van der Waals surface area contributed by atoms with Crippen LogP contribution in [-0.4, -0.2) is 47.0 Å². The molecule has 3 heterocycles. The number of aromatic nitrogens is 3. The van der Waals surface area contributed by atoms with Crippen LogP contribution in [0.4, 0.5) is 10.2 Å². The van der Waals surface area contributed by atoms with Crippen LogP contribution in [0.5, 0.6) is 0 Å². The van der Waals surface area contributed by atoms with E-state index in [1.807, 2.05) is 26.0 Å². The highest BCUT2D eigenvalue weighted by Gasteiger charge is 2.49. The minimum Gasteiger partial charge on any atom is -0.378 e. The van der Waals surface area contributed by atoms with E-state index in [0.29, 0.717) is 36.7 Å². The van der Waals surface area contributed by atoms with Crippen LogP contribution >= 0.6 is 0 Å². The molecule has 6 rings (SSSR count). The number of ketones is 1. The highest BCUT2D eigenvalue weighted by Crippen LogP contribution is 2.51. The van der Waals surface area contributed by atoms with Gasteiger partial charge in [0.05, 0.1) is 30.2 Å². The molecule has 3 aliphatic rings. The first-order valence-electron chi connectivity index (χ1n) is 13.0. The number of carbonyl (C=O) groups excluding carboxylic acids is 1. The van der Waals surface area contributed by atoms with Crippen molar-refractivity contribution in [1.29, 1.82) is 5.26 Å². The van der Waals surface area contributed by atoms with Crippen molar-refractivity contribution in [3.8, 4) is 28.7 Å². The highest BCUT2D eigenvalue weighted by atomic mass is 19.1. The molecule has 0 amide bonds. The molecule has 2 aliphatic carbocycles. The average Bonchev–Trinajstić information content (AvgIpc) is 2.95. The molecule has 0 unspecified atom stereocenters. The summed E-state index contributed by atoms with van der Waals surface area (Å²) < 4.78 is 20.6. The topological polar surface area (TPSA) is 92.0 Å². The molecule has 1 fully saturated rings. The summed E-state index contributed by atoms with van der Waals surface area (Å²) in [4.78, 5) is 29.6. The standard InChI is InChI=1S/C30H28FN5O2/c1-18-23-8-7-22-26(21-5-3-4-6-24(21)31)34-29(35-28(22)30(23,2)16-20(17-32)27(18)37)19-9-10-33-25(15-19)36-11-13-38-14-12-36/h3-6,9-10,15-16,18,23H,7-8,11-14H2,1-2H3/t18-,23-,30-/m1/s1. The largest absolute Gasteiger partial charge is 0.378 e. The normalized spacial score (nSPS) is 24.7. The van der Waals surface area contributed by atoms with Crippen LogP contribution < -0.4 is 4.90 Å². The van der Waals surface area contributed by atoms with E-state index in [9.17, 15) is 10.1 Å². The van der Waals surface area contributed by atoms with Crippen LogP contribution in [0.15, 0.2) is 54.2 Å². The molecule has 192 valence electrons. The number of rotatable bonds is 3. The van der Waals surface area contributed by atoms with Gasteiger partial charge in [-0.25, -0.2) is 19.3 Å². The molecule has 1 saturated heterocycles. The zero-order valence-electron chi connectivity index (χ0n) is 21.4. The lowest BCUT2D eigenvalue weighted by Gasteiger charge is -2.45. The van der Waals surface area contributed by atoms with E-state index in [0.717, 1.165) is 42.1 Å². The summed E-state index contributed by atoms with van der Waals surface area (Å²) in [5.74, 6) is 0.487. The van der Waals surface area contributed by atoms with E-state index in [1.54, 1.807) is 30.5 Å². The molecule has 38 heavy (non-hydrogen) atoms. The Morgan fingerprint density at radius 1 is 1.18 bits per heavy atom. The predicted molar refractivity (Wildman–Crippen MR) is 141 cm³/mol. The first-order valence-corrected chi connectivity index (χ1v) is 13.0. The van der Waals surface area contributed by atoms with Crippen LogP contribution in [0.1, 0.15) is 31.5 Å². The first-order chi connectivity index (χ1) is 18.4. The number of benzene rings is 1. The number of anilines is 1. The SMILES string of the molecule is C[C@H]1C(=O)C(C#N)=C[C@@]2(C)c3nc(-c4ccnc(N5CCOCC5)c4)nc(-c4ccccc4F)c3CC[C@H]12. The number of morpholine rings is 1. The molecule has 3 aromatic rings. The van der Waals surface area contributed by atoms with Crippen molar-refractivity contribution in [2.24, 2.45) is 11.8 Å². The lowest BCUT2D eigenvalue weighted by Crippen LogP contribution is -2.46. The van der Waals surface area contributed by atoms with Gasteiger partial charge >= 0.3 is 0 Å². The molecule has 1 aromatic carbocycles. The number of halogens is 1. The third-order valence-corrected chi connectivity index (χ3v) is 8.31. The highest BCUT2D eigenvalue weighted by molar-refractivity contribution is 6.02. The fourth-order valence-electron chi connectivity index (χ4n) is 6.30. The Hall–Kier alpha value is -3.96. The van der Waals surface area contributed by atoms with Crippen molar-refractivity contribution in [2.75, 3.05) is 31.2 Å². The number of hydrogen-bond acceptors (Lipinski definition) is 7. The number of fused-ring (bicyclic) bond motifs is 3. The fourth-order valence-corrected chi connectivity index (χ4v) is 6.30. The van der Waals surface area contributed by atoms with Crippen molar-refractivity contribution in [3.05, 3.63) is 71.3 Å². The molecule has 1 aliphatic heterocycles. The van der Waals surface area contributed by atoms with Crippen molar-refractivity contribution in [1.82, 2.24) is 15.0 Å². The van der Waals surface area contributed by atoms with Gasteiger partial charge in [0.1, 0.15) is 17.7 Å². The number of allylic oxidation sites excluding steroid dienone is 2. The summed E-state index contributed by atoms with van der Waals surface area (Å²) in [5.41, 5.74) is 2.88. The Bertz CT molecular complexity index is 1510. The second kappa shape index (κ2) is 9.41. The molecular formula is C30H28FN5O2. The fraction of sp³-hybridized carbons (Fsp3) is 0.367. The van der Waals surface area contributed by atoms with E-state index < -0.39 is 5.41 Å². The number of carbonyl (C=O) groups is 1. The molecule has 0 bridgehead atoms. The van der Waals surface area contributed by atoms with Crippen LogP contribution in [0.25, 0.3) is 22.6 Å². The summed E-state index contributed by atoms with van der Waals surface area (Å²) >= 11 is 0. The third-order valence-electron chi connectivity index (χ3n) is 8.31. The van der Waals surface area contributed by atoms with Gasteiger partial charge in [0, 0.05) is 47.3 Å². The third kappa shape index (κ3) is 3.89. The average molecular weight is 510 g/mol. The van der Waals surface area contributed by atoms with Gasteiger partial charge in [-0.15, -0.1) is 0 Å². The van der Waals surface area contributed by atoms with Crippen LogP contribution in [-0.2, 0) is 21.4 Å². The molecule has 7 nitrogen and oxygen atoms in total. The van der Waals surface area contributed by atoms with Crippen LogP contribution in [0, 0.1) is 29.0 Å². The minimum atomic E-state index is -0.663. The van der Waals surface area contributed by atoms with Gasteiger partial charge in [0.2, 0.25) is 0 Å². The van der Waals surface area contributed by atoms with Crippen molar-refractivity contribution in [3.63, 3.8) is 0 Å². The lowest BCUT2D eigenvalue weighted by atomic mass is 9.57. The molecule has 2 aromatic heterocycles. The van der Waals surface area contributed by atoms with E-state index in [1.165, 1.54) is 6.07 Å². The van der Waals surface area contributed by atoms with Crippen molar-refractivity contribution in [2.45, 2.75) is 32.1 Å². The Kier molecular flexibility index (Phi) is 6.04. The van der Waals surface area contributed by atoms with Gasteiger partial charge in [-0.1, -0.05) is 32.1 Å². The second-order valence-electron chi connectivity index (χ2n) is 10.5. The molecule has 0 saturated carbocycles. The number of Topliss-reactive ketones (excluding diaryl/α,β-unsaturated/α-hetero) is 1. The van der Waals surface area contributed by atoms with Gasteiger partial charge < -0.3 is 9.64 Å². The summed E-state index contributed by atoms with van der Waals surface area (Å²) in [6, 6.07) is 12.6. The number of ether oxygens (including phenoxy) is 1. The molecular weight excluding hydrogens is 481 g/mol. The lowest BCUT2D eigenvalue weighted by molar-refractivity contribution is -0.121. The number of nitrogens with zero attached hydrogens (tertiary/aromatic N) is 5. The number of pyridine rings is 1. The van der Waals surface area contributed by atoms with E-state index in [-0.39, 0.29) is 29.0 Å². The van der Waals surface area contributed by atoms with Gasteiger partial charge in [-0.05, 0) is 43.0 Å². The van der Waals surface area contributed by atoms with E-state index >= 15 is 4.39 Å². The van der Waals surface area contributed by atoms with E-state index in [4.69, 9.17) is 14.7 Å². The maximum absolute atomic E-state index is 15.2. The van der Waals surface area contributed by atoms with Gasteiger partial charge in [-0.2, -0.15) is 5.26 Å². The molecule has 0 radical (unpaired) electrons. The summed E-state index contributed by atoms with van der Waals surface area (Å²) in [7, 11) is 0. The molecule has 0 N–H and O–H groups in total. The zero-order chi connectivity index (χ0) is 26.4. The quantitative estimate of drug-likeness (QED) is 0.507. The number of hydrogen-bond donors (Lipinski definition) is 0. The summed E-state index contributed by atoms with van der Waals surface area (Å²) in [6.45, 7) is 6.72. The predicted octanol–water partition coefficient (Wildman–Crippen LogP) is 4.67. The summed E-state index contributed by atoms with van der Waals surface area (Å²) in [6.07, 6.45) is 4.88. The van der Waals surface area contributed by atoms with E-state index in [2.05, 4.69) is 16.0 Å². The smallest absolute Gasteiger partial charge is 0.176 e. The first kappa shape index (κ1) is 24.4. The maximum atomic E-state index is 15.2. The Morgan fingerprint density at radius 3 is 2.74 bits per heavy atom. The van der Waals surface area contributed by atoms with Gasteiger partial charge in [0.15, 0.2) is 11.6 Å². The molecule has 3 atom stereocenters. The summed E-state index contributed by atoms with van der Waals surface area (Å²) in [5, 5.41) is 9.75. The van der Waals surface area contributed by atoms with Crippen LogP contribution in [0.2, 0.25) is 0 Å². The molecule has 0 spiro atoms. The Morgan fingerprint density at radius 2 is 1.97 bits per heavy atom. The van der Waals surface area contributed by atoms with Gasteiger partial charge in [0.25, 0.3) is 0 Å². The van der Waals surface area contributed by atoms with Crippen LogP contribution in [0.3, 0.4) is 0 Å². The van der Waals surface area contributed by atoms with Crippen molar-refractivity contribution >= 4 is 11.6 Å².